The van der Waals surface area contributed by atoms with Crippen molar-refractivity contribution in [1.29, 1.82) is 0 Å². The highest BCUT2D eigenvalue weighted by molar-refractivity contribution is 5.76. The summed E-state index contributed by atoms with van der Waals surface area (Å²) >= 11 is 0. The molecule has 238 valence electrons. The van der Waals surface area contributed by atoms with Crippen molar-refractivity contribution >= 4 is 5.97 Å². The third-order valence-electron chi connectivity index (χ3n) is 14.4. The van der Waals surface area contributed by atoms with E-state index in [4.69, 9.17) is 18.9 Å². The van der Waals surface area contributed by atoms with Gasteiger partial charge >= 0.3 is 5.97 Å². The van der Waals surface area contributed by atoms with Gasteiger partial charge in [0, 0.05) is 18.6 Å². The van der Waals surface area contributed by atoms with Gasteiger partial charge in [0.2, 0.25) is 0 Å². The molecule has 0 aromatic heterocycles. The second-order valence-electron chi connectivity index (χ2n) is 16.9. The summed E-state index contributed by atoms with van der Waals surface area (Å²) in [6.07, 6.45) is 12.2. The summed E-state index contributed by atoms with van der Waals surface area (Å²) in [5.74, 6) is 2.63. The molecular formula is C35H57NO6. The van der Waals surface area contributed by atoms with Gasteiger partial charge in [-0.05, 0) is 125 Å². The van der Waals surface area contributed by atoms with Crippen molar-refractivity contribution in [2.75, 3.05) is 26.4 Å². The van der Waals surface area contributed by atoms with Gasteiger partial charge in [0.15, 0.2) is 0 Å². The van der Waals surface area contributed by atoms with E-state index in [1.807, 2.05) is 20.8 Å². The Hall–Kier alpha value is -0.730. The molecule has 7 heteroatoms. The summed E-state index contributed by atoms with van der Waals surface area (Å²) in [5, 5.41) is 14.2. The normalized spacial score (nSPS) is 49.9. The van der Waals surface area contributed by atoms with Crippen LogP contribution in [0.2, 0.25) is 0 Å². The van der Waals surface area contributed by atoms with Gasteiger partial charge in [0.05, 0.1) is 31.0 Å². The van der Waals surface area contributed by atoms with Gasteiger partial charge in [-0.3, -0.25) is 4.79 Å². The van der Waals surface area contributed by atoms with E-state index in [1.165, 1.54) is 51.4 Å². The Morgan fingerprint density at radius 2 is 1.81 bits per heavy atom. The van der Waals surface area contributed by atoms with Crippen LogP contribution in [-0.2, 0) is 23.7 Å². The first-order chi connectivity index (χ1) is 19.9. The molecule has 7 aliphatic rings. The highest BCUT2D eigenvalue weighted by atomic mass is 16.6. The van der Waals surface area contributed by atoms with Gasteiger partial charge in [0.1, 0.15) is 18.2 Å². The highest BCUT2D eigenvalue weighted by Gasteiger charge is 2.81. The summed E-state index contributed by atoms with van der Waals surface area (Å²) in [6, 6.07) is -0.329. The number of morpholine rings is 1. The number of aliphatic hydroxyl groups is 1. The quantitative estimate of drug-likeness (QED) is 0.410. The predicted octanol–water partition coefficient (Wildman–Crippen LogP) is 5.27. The van der Waals surface area contributed by atoms with Gasteiger partial charge in [-0.1, -0.05) is 20.8 Å². The number of nitrogens with one attached hydrogen (secondary N) is 1. The van der Waals surface area contributed by atoms with E-state index in [-0.39, 0.29) is 41.8 Å². The lowest BCUT2D eigenvalue weighted by Gasteiger charge is -2.59. The van der Waals surface area contributed by atoms with Crippen LogP contribution in [0.15, 0.2) is 0 Å². The van der Waals surface area contributed by atoms with Gasteiger partial charge in [0.25, 0.3) is 0 Å². The molecule has 7 fully saturated rings. The van der Waals surface area contributed by atoms with Gasteiger partial charge in [-0.25, -0.2) is 0 Å². The van der Waals surface area contributed by atoms with Crippen molar-refractivity contribution in [3.63, 3.8) is 0 Å². The summed E-state index contributed by atoms with van der Waals surface area (Å²) in [4.78, 5) is 13.1. The number of rotatable bonds is 6. The monoisotopic (exact) mass is 587 g/mol. The van der Waals surface area contributed by atoms with Crippen molar-refractivity contribution < 1.29 is 28.8 Å². The van der Waals surface area contributed by atoms with Crippen LogP contribution in [0.4, 0.5) is 0 Å². The third-order valence-corrected chi connectivity index (χ3v) is 14.4. The van der Waals surface area contributed by atoms with Crippen LogP contribution in [0, 0.1) is 45.3 Å². The van der Waals surface area contributed by atoms with Crippen LogP contribution in [0.3, 0.4) is 0 Å². The van der Waals surface area contributed by atoms with Gasteiger partial charge in [-0.15, -0.1) is 0 Å². The highest BCUT2D eigenvalue weighted by Crippen LogP contribution is 2.87. The lowest BCUT2D eigenvalue weighted by molar-refractivity contribution is -0.193. The zero-order chi connectivity index (χ0) is 29.7. The van der Waals surface area contributed by atoms with Crippen molar-refractivity contribution in [2.45, 2.75) is 142 Å². The zero-order valence-electron chi connectivity index (χ0n) is 27.1. The molecule has 5 aliphatic carbocycles. The van der Waals surface area contributed by atoms with E-state index in [9.17, 15) is 9.90 Å². The number of ether oxygens (including phenoxy) is 4. The smallest absolute Gasteiger partial charge is 0.325 e. The van der Waals surface area contributed by atoms with Crippen LogP contribution in [0.5, 0.6) is 0 Å². The lowest BCUT2D eigenvalue weighted by atomic mass is 9.46. The Labute approximate surface area is 253 Å². The number of carbonyl (C=O) groups excluding carboxylic acids is 1. The van der Waals surface area contributed by atoms with E-state index < -0.39 is 5.60 Å². The van der Waals surface area contributed by atoms with E-state index in [2.05, 4.69) is 26.1 Å². The second kappa shape index (κ2) is 10.1. The maximum atomic E-state index is 13.1. The largest absolute Gasteiger partial charge is 0.461 e. The molecule has 2 aliphatic heterocycles. The molecule has 2 spiro atoms. The fraction of sp³-hybridized carbons (Fsp3) is 0.971. The number of fused-ring (bicyclic) bond motifs is 4. The summed E-state index contributed by atoms with van der Waals surface area (Å²) < 4.78 is 24.8. The molecule has 7 rings (SSSR count). The SMILES string of the molecule is CCOC(C1CCC2C(CC3C4CCC5C(C)(C)C(OC(=O)C6COCCN6)CCC56CC46CCC23C)O1)C(C)(C)O. The van der Waals surface area contributed by atoms with E-state index in [0.29, 0.717) is 54.4 Å². The molecule has 2 heterocycles. The first-order valence-corrected chi connectivity index (χ1v) is 17.4. The number of esters is 1. The van der Waals surface area contributed by atoms with Crippen molar-refractivity contribution in [2.24, 2.45) is 45.3 Å². The molecule has 0 radical (unpaired) electrons. The van der Waals surface area contributed by atoms with Crippen molar-refractivity contribution in [3.8, 4) is 0 Å². The first kappa shape index (κ1) is 30.0. The van der Waals surface area contributed by atoms with Crippen molar-refractivity contribution in [3.05, 3.63) is 0 Å². The van der Waals surface area contributed by atoms with Crippen molar-refractivity contribution in [1.82, 2.24) is 5.32 Å². The minimum Gasteiger partial charge on any atom is -0.461 e. The maximum Gasteiger partial charge on any atom is 0.325 e. The molecule has 12 atom stereocenters. The van der Waals surface area contributed by atoms with Crippen LogP contribution in [0.1, 0.15) is 106 Å². The molecule has 0 aromatic rings. The predicted molar refractivity (Wildman–Crippen MR) is 160 cm³/mol. The van der Waals surface area contributed by atoms with E-state index >= 15 is 0 Å². The summed E-state index contributed by atoms with van der Waals surface area (Å²) in [7, 11) is 0. The van der Waals surface area contributed by atoms with E-state index in [0.717, 1.165) is 24.7 Å². The fourth-order valence-electron chi connectivity index (χ4n) is 12.6. The number of hydrogen-bond acceptors (Lipinski definition) is 7. The number of hydrogen-bond donors (Lipinski definition) is 2. The minimum absolute atomic E-state index is 0.00988. The first-order valence-electron chi connectivity index (χ1n) is 17.4. The van der Waals surface area contributed by atoms with Crippen LogP contribution >= 0.6 is 0 Å². The third kappa shape index (κ3) is 4.25. The molecule has 5 saturated carbocycles. The molecule has 0 amide bonds. The Kier molecular flexibility index (Phi) is 7.23. The molecular weight excluding hydrogens is 530 g/mol. The molecule has 2 saturated heterocycles. The minimum atomic E-state index is -0.910. The average molecular weight is 588 g/mol. The number of carbonyl (C=O) groups is 1. The standard InChI is InChI=1S/C35H57NO6/c1-7-40-29(32(4,5)38)25-10-8-22-26(41-25)18-23-21-9-11-27-31(2,3)28(42-30(37)24-19-39-17-16-36-24)12-13-35(27)20-34(21,35)15-14-33(22,23)6/h21-29,36,38H,7-20H2,1-6H3. The Morgan fingerprint density at radius 3 is 2.52 bits per heavy atom. The fourth-order valence-corrected chi connectivity index (χ4v) is 12.6. The zero-order valence-corrected chi connectivity index (χ0v) is 27.1. The summed E-state index contributed by atoms with van der Waals surface area (Å²) in [5.41, 5.74) is 0.332. The van der Waals surface area contributed by atoms with Crippen LogP contribution in [-0.4, -0.2) is 73.5 Å². The molecule has 0 aromatic carbocycles. The molecule has 12 unspecified atom stereocenters. The summed E-state index contributed by atoms with van der Waals surface area (Å²) in [6.45, 7) is 15.5. The molecule has 2 N–H and O–H groups in total. The molecule has 7 nitrogen and oxygen atoms in total. The Balaban J connectivity index is 1.07. The second-order valence-corrected chi connectivity index (χ2v) is 16.9. The lowest BCUT2D eigenvalue weighted by Crippen LogP contribution is -2.56. The van der Waals surface area contributed by atoms with Gasteiger partial charge in [-0.2, -0.15) is 0 Å². The maximum absolute atomic E-state index is 13.1. The molecule has 42 heavy (non-hydrogen) atoms. The Morgan fingerprint density at radius 1 is 1.02 bits per heavy atom. The van der Waals surface area contributed by atoms with Crippen LogP contribution < -0.4 is 5.32 Å². The average Bonchev–Trinajstić information content (AvgIpc) is 3.53. The topological polar surface area (TPSA) is 86.3 Å². The van der Waals surface area contributed by atoms with Gasteiger partial charge < -0.3 is 29.4 Å². The van der Waals surface area contributed by atoms with E-state index in [1.54, 1.807) is 0 Å². The van der Waals surface area contributed by atoms with Crippen LogP contribution in [0.25, 0.3) is 0 Å². The molecule has 0 bridgehead atoms. The Bertz CT molecular complexity index is 1050.